The van der Waals surface area contributed by atoms with Crippen LogP contribution in [0.3, 0.4) is 0 Å². The van der Waals surface area contributed by atoms with E-state index < -0.39 is 11.9 Å². The number of nitrogens with two attached hydrogens (primary N) is 1. The van der Waals surface area contributed by atoms with Gasteiger partial charge in [-0.3, -0.25) is 4.79 Å². The van der Waals surface area contributed by atoms with Gasteiger partial charge in [-0.25, -0.2) is 4.79 Å². The Kier molecular flexibility index (Phi) is 7.20. The molecule has 0 aliphatic rings. The Bertz CT molecular complexity index is 576. The van der Waals surface area contributed by atoms with Crippen LogP contribution in [0.1, 0.15) is 18.9 Å². The van der Waals surface area contributed by atoms with E-state index in [0.29, 0.717) is 13.1 Å². The molecular formula is C16H19N3O3. The van der Waals surface area contributed by atoms with Gasteiger partial charge in [0.25, 0.3) is 0 Å². The Morgan fingerprint density at radius 3 is 2.59 bits per heavy atom. The molecule has 0 unspecified atom stereocenters. The molecule has 1 aromatic rings. The van der Waals surface area contributed by atoms with Crippen molar-refractivity contribution in [2.24, 2.45) is 5.73 Å². The molecule has 0 fully saturated rings. The minimum Gasteiger partial charge on any atom is -0.462 e. The fourth-order valence-corrected chi connectivity index (χ4v) is 1.78. The molecule has 0 spiro atoms. The maximum atomic E-state index is 11.7. The van der Waals surface area contributed by atoms with Crippen molar-refractivity contribution in [3.8, 4) is 6.07 Å². The summed E-state index contributed by atoms with van der Waals surface area (Å²) in [6.45, 7) is 2.63. The smallest absolute Gasteiger partial charge is 0.350 e. The van der Waals surface area contributed by atoms with Gasteiger partial charge in [0.2, 0.25) is 5.91 Å². The van der Waals surface area contributed by atoms with E-state index in [1.807, 2.05) is 36.4 Å². The molecule has 1 aromatic carbocycles. The molecule has 0 heterocycles. The summed E-state index contributed by atoms with van der Waals surface area (Å²) in [7, 11) is 0. The first-order valence-corrected chi connectivity index (χ1v) is 6.92. The lowest BCUT2D eigenvalue weighted by molar-refractivity contribution is -0.138. The molecule has 0 aromatic heterocycles. The summed E-state index contributed by atoms with van der Waals surface area (Å²) in [5, 5.41) is 9.08. The van der Waals surface area contributed by atoms with Gasteiger partial charge in [0, 0.05) is 25.7 Å². The highest BCUT2D eigenvalue weighted by Gasteiger charge is 2.13. The number of nitrogens with zero attached hydrogens (tertiary/aromatic N) is 2. The number of carbonyl (C=O) groups is 2. The number of primary amides is 1. The Morgan fingerprint density at radius 1 is 1.36 bits per heavy atom. The van der Waals surface area contributed by atoms with Crippen LogP contribution >= 0.6 is 0 Å². The molecule has 1 rings (SSSR count). The number of carbonyl (C=O) groups excluding carboxylic acids is 2. The predicted molar refractivity (Wildman–Crippen MR) is 81.0 cm³/mol. The number of ether oxygens (including phenoxy) is 1. The van der Waals surface area contributed by atoms with E-state index in [1.165, 1.54) is 6.20 Å². The topological polar surface area (TPSA) is 96.4 Å². The molecule has 1 amide bonds. The van der Waals surface area contributed by atoms with Gasteiger partial charge >= 0.3 is 5.97 Å². The lowest BCUT2D eigenvalue weighted by Gasteiger charge is -2.20. The van der Waals surface area contributed by atoms with E-state index in [9.17, 15) is 9.59 Å². The molecule has 6 heteroatoms. The van der Waals surface area contributed by atoms with E-state index >= 15 is 0 Å². The molecule has 2 N–H and O–H groups in total. The Balaban J connectivity index is 2.90. The van der Waals surface area contributed by atoms with E-state index in [0.717, 1.165) is 5.56 Å². The zero-order chi connectivity index (χ0) is 16.4. The number of amides is 1. The van der Waals surface area contributed by atoms with Gasteiger partial charge in [-0.2, -0.15) is 5.26 Å². The second-order valence-corrected chi connectivity index (χ2v) is 4.55. The monoisotopic (exact) mass is 301 g/mol. The van der Waals surface area contributed by atoms with E-state index in [2.05, 4.69) is 0 Å². The molecule has 0 saturated carbocycles. The highest BCUT2D eigenvalue weighted by atomic mass is 16.5. The van der Waals surface area contributed by atoms with E-state index in [1.54, 1.807) is 11.8 Å². The lowest BCUT2D eigenvalue weighted by Crippen LogP contribution is -2.25. The van der Waals surface area contributed by atoms with Crippen molar-refractivity contribution in [1.82, 2.24) is 4.90 Å². The van der Waals surface area contributed by atoms with Crippen molar-refractivity contribution in [1.29, 1.82) is 5.26 Å². The third-order valence-electron chi connectivity index (χ3n) is 2.80. The standard InChI is InChI=1S/C16H19N3O3/c1-2-22-16(21)14(10-17)12-19(9-8-15(18)20)11-13-6-4-3-5-7-13/h3-7,12H,2,8-9,11H2,1H3,(H2,18,20)/b14-12+. The summed E-state index contributed by atoms with van der Waals surface area (Å²) in [5.41, 5.74) is 6.04. The van der Waals surface area contributed by atoms with Crippen molar-refractivity contribution in [3.05, 3.63) is 47.7 Å². The third kappa shape index (κ3) is 6.09. The number of benzene rings is 1. The zero-order valence-electron chi connectivity index (χ0n) is 12.5. The SMILES string of the molecule is CCOC(=O)/C(C#N)=C/N(CCC(N)=O)Cc1ccccc1. The number of rotatable bonds is 8. The van der Waals surface area contributed by atoms with Crippen LogP contribution in [-0.4, -0.2) is 29.9 Å². The van der Waals surface area contributed by atoms with Gasteiger partial charge in [0.15, 0.2) is 5.57 Å². The van der Waals surface area contributed by atoms with Crippen molar-refractivity contribution in [2.75, 3.05) is 13.2 Å². The van der Waals surface area contributed by atoms with Gasteiger partial charge in [-0.15, -0.1) is 0 Å². The first-order chi connectivity index (χ1) is 10.6. The number of esters is 1. The molecule has 0 radical (unpaired) electrons. The maximum absolute atomic E-state index is 11.7. The van der Waals surface area contributed by atoms with Gasteiger partial charge in [-0.05, 0) is 12.5 Å². The summed E-state index contributed by atoms with van der Waals surface area (Å²) in [6.07, 6.45) is 1.54. The summed E-state index contributed by atoms with van der Waals surface area (Å²) in [4.78, 5) is 24.3. The van der Waals surface area contributed by atoms with Crippen molar-refractivity contribution < 1.29 is 14.3 Å². The van der Waals surface area contributed by atoms with Crippen LogP contribution in [0.25, 0.3) is 0 Å². The van der Waals surface area contributed by atoms with Crippen molar-refractivity contribution in [3.63, 3.8) is 0 Å². The molecular weight excluding hydrogens is 282 g/mol. The number of nitriles is 1. The second kappa shape index (κ2) is 9.19. The highest BCUT2D eigenvalue weighted by Crippen LogP contribution is 2.08. The average Bonchev–Trinajstić information content (AvgIpc) is 2.51. The molecule has 116 valence electrons. The molecule has 22 heavy (non-hydrogen) atoms. The second-order valence-electron chi connectivity index (χ2n) is 4.55. The first-order valence-electron chi connectivity index (χ1n) is 6.92. The lowest BCUT2D eigenvalue weighted by atomic mass is 10.2. The minimum atomic E-state index is -0.679. The van der Waals surface area contributed by atoms with Gasteiger partial charge in [0.1, 0.15) is 6.07 Å². The Labute approximate surface area is 129 Å². The zero-order valence-corrected chi connectivity index (χ0v) is 12.5. The Morgan fingerprint density at radius 2 is 2.05 bits per heavy atom. The molecule has 0 atom stereocenters. The quantitative estimate of drug-likeness (QED) is 0.444. The molecule has 0 saturated heterocycles. The van der Waals surface area contributed by atoms with E-state index in [4.69, 9.17) is 15.7 Å². The van der Waals surface area contributed by atoms with Crippen LogP contribution in [0.4, 0.5) is 0 Å². The van der Waals surface area contributed by atoms with Gasteiger partial charge in [0.05, 0.1) is 6.61 Å². The summed E-state index contributed by atoms with van der Waals surface area (Å²) in [5.74, 6) is -1.12. The summed E-state index contributed by atoms with van der Waals surface area (Å²) in [6, 6.07) is 11.3. The predicted octanol–water partition coefficient (Wildman–Crippen LogP) is 1.33. The van der Waals surface area contributed by atoms with Crippen LogP contribution < -0.4 is 5.73 Å². The van der Waals surface area contributed by atoms with E-state index in [-0.39, 0.29) is 18.6 Å². The van der Waals surface area contributed by atoms with Crippen LogP contribution in [0.2, 0.25) is 0 Å². The molecule has 0 aliphatic carbocycles. The fourth-order valence-electron chi connectivity index (χ4n) is 1.78. The Hall–Kier alpha value is -2.81. The van der Waals surface area contributed by atoms with Gasteiger partial charge < -0.3 is 15.4 Å². The van der Waals surface area contributed by atoms with Crippen LogP contribution in [0.5, 0.6) is 0 Å². The summed E-state index contributed by atoms with van der Waals surface area (Å²) < 4.78 is 4.82. The van der Waals surface area contributed by atoms with Crippen molar-refractivity contribution in [2.45, 2.75) is 19.9 Å². The molecule has 6 nitrogen and oxygen atoms in total. The fraction of sp³-hybridized carbons (Fsp3) is 0.312. The van der Waals surface area contributed by atoms with Gasteiger partial charge in [-0.1, -0.05) is 30.3 Å². The highest BCUT2D eigenvalue weighted by molar-refractivity contribution is 5.92. The number of hydrogen-bond acceptors (Lipinski definition) is 5. The van der Waals surface area contributed by atoms with Crippen molar-refractivity contribution >= 4 is 11.9 Å². The first kappa shape index (κ1) is 17.2. The number of hydrogen-bond donors (Lipinski definition) is 1. The minimum absolute atomic E-state index is 0.109. The van der Waals surface area contributed by atoms with Crippen LogP contribution in [0.15, 0.2) is 42.1 Å². The molecule has 0 bridgehead atoms. The maximum Gasteiger partial charge on any atom is 0.350 e. The summed E-state index contributed by atoms with van der Waals surface area (Å²) >= 11 is 0. The van der Waals surface area contributed by atoms with Crippen LogP contribution in [0, 0.1) is 11.3 Å². The largest absolute Gasteiger partial charge is 0.462 e. The normalized spacial score (nSPS) is 10.6. The molecule has 0 aliphatic heterocycles. The van der Waals surface area contributed by atoms with Crippen LogP contribution in [-0.2, 0) is 20.9 Å². The average molecular weight is 301 g/mol. The third-order valence-corrected chi connectivity index (χ3v) is 2.80.